The van der Waals surface area contributed by atoms with E-state index in [1.54, 1.807) is 7.11 Å². The van der Waals surface area contributed by atoms with Gasteiger partial charge in [0.15, 0.2) is 0 Å². The third kappa shape index (κ3) is 3.34. The molecule has 0 spiro atoms. The molecule has 96 valence electrons. The van der Waals surface area contributed by atoms with Crippen LogP contribution in [0.3, 0.4) is 0 Å². The van der Waals surface area contributed by atoms with Crippen molar-refractivity contribution < 1.29 is 4.74 Å². The predicted octanol–water partition coefficient (Wildman–Crippen LogP) is 2.05. The summed E-state index contributed by atoms with van der Waals surface area (Å²) in [5, 5.41) is 3.26. The number of hydrogen-bond donors (Lipinski definition) is 1. The summed E-state index contributed by atoms with van der Waals surface area (Å²) in [5.41, 5.74) is 2.31. The summed E-state index contributed by atoms with van der Waals surface area (Å²) >= 11 is 0. The van der Waals surface area contributed by atoms with Crippen LogP contribution in [0.1, 0.15) is 18.2 Å². The fourth-order valence-corrected chi connectivity index (χ4v) is 1.78. The van der Waals surface area contributed by atoms with Gasteiger partial charge in [0.1, 0.15) is 5.75 Å². The van der Waals surface area contributed by atoms with E-state index in [1.807, 2.05) is 18.5 Å². The van der Waals surface area contributed by atoms with E-state index >= 15 is 0 Å². The number of rotatable bonds is 6. The van der Waals surface area contributed by atoms with Gasteiger partial charge in [-0.1, -0.05) is 19.1 Å². The summed E-state index contributed by atoms with van der Waals surface area (Å²) in [6.07, 6.45) is 3.95. The van der Waals surface area contributed by atoms with E-state index in [9.17, 15) is 0 Å². The Morgan fingerprint density at radius 2 is 2.06 bits per heavy atom. The Hall–Kier alpha value is -1.81. The minimum atomic E-state index is 0.826. The van der Waals surface area contributed by atoms with Crippen molar-refractivity contribution in [2.24, 2.45) is 0 Å². The Bertz CT molecular complexity index is 476. The summed E-state index contributed by atoms with van der Waals surface area (Å²) in [5.74, 6) is 0.886. The molecule has 1 aromatic heterocycles. The van der Waals surface area contributed by atoms with Crippen LogP contribution in [0.25, 0.3) is 0 Å². The maximum Gasteiger partial charge on any atom is 0.118 e. The van der Waals surface area contributed by atoms with Gasteiger partial charge in [0, 0.05) is 19.3 Å². The van der Waals surface area contributed by atoms with Crippen molar-refractivity contribution in [3.8, 4) is 5.75 Å². The van der Waals surface area contributed by atoms with Gasteiger partial charge in [0.25, 0.3) is 0 Å². The molecule has 0 radical (unpaired) electrons. The second-order valence-corrected chi connectivity index (χ2v) is 4.17. The smallest absolute Gasteiger partial charge is 0.118 e. The molecular weight excluding hydrogens is 226 g/mol. The Kier molecular flexibility index (Phi) is 4.36. The highest BCUT2D eigenvalue weighted by molar-refractivity contribution is 5.27. The summed E-state index contributed by atoms with van der Waals surface area (Å²) in [6, 6.07) is 8.10. The molecule has 0 bridgehead atoms. The molecule has 0 saturated heterocycles. The molecule has 0 fully saturated rings. The van der Waals surface area contributed by atoms with E-state index in [4.69, 9.17) is 4.74 Å². The van der Waals surface area contributed by atoms with Crippen LogP contribution in [-0.2, 0) is 13.1 Å². The van der Waals surface area contributed by atoms with Crippen molar-refractivity contribution in [2.75, 3.05) is 13.7 Å². The Labute approximate surface area is 108 Å². The second kappa shape index (κ2) is 6.21. The van der Waals surface area contributed by atoms with Crippen LogP contribution in [0, 0.1) is 0 Å². The molecule has 1 aromatic carbocycles. The molecule has 0 unspecified atom stereocenters. The molecule has 0 aliphatic heterocycles. The zero-order chi connectivity index (χ0) is 12.8. The summed E-state index contributed by atoms with van der Waals surface area (Å²) in [4.78, 5) is 4.36. The molecule has 0 saturated carbocycles. The standard InChI is InChI=1S/C14H19N3O/c1-3-15-8-13-10-17(11-16-13)9-12-4-6-14(18-2)7-5-12/h4-7,10-11,15H,3,8-9H2,1-2H3. The largest absolute Gasteiger partial charge is 0.497 e. The fourth-order valence-electron chi connectivity index (χ4n) is 1.78. The maximum atomic E-state index is 5.14. The maximum absolute atomic E-state index is 5.14. The fraction of sp³-hybridized carbons (Fsp3) is 0.357. The quantitative estimate of drug-likeness (QED) is 0.846. The third-order valence-electron chi connectivity index (χ3n) is 2.77. The van der Waals surface area contributed by atoms with Gasteiger partial charge in [-0.15, -0.1) is 0 Å². The number of imidazole rings is 1. The molecule has 1 N–H and O–H groups in total. The SMILES string of the molecule is CCNCc1cn(Cc2ccc(OC)cc2)cn1. The molecule has 0 aliphatic rings. The van der Waals surface area contributed by atoms with Gasteiger partial charge in [-0.3, -0.25) is 0 Å². The molecule has 0 amide bonds. The van der Waals surface area contributed by atoms with Gasteiger partial charge in [-0.25, -0.2) is 4.98 Å². The van der Waals surface area contributed by atoms with Crippen LogP contribution >= 0.6 is 0 Å². The van der Waals surface area contributed by atoms with Crippen LogP contribution in [0.5, 0.6) is 5.75 Å². The van der Waals surface area contributed by atoms with Gasteiger partial charge in [-0.2, -0.15) is 0 Å². The molecule has 2 rings (SSSR count). The predicted molar refractivity (Wildman–Crippen MR) is 71.7 cm³/mol. The van der Waals surface area contributed by atoms with E-state index < -0.39 is 0 Å². The number of aromatic nitrogens is 2. The van der Waals surface area contributed by atoms with Crippen LogP contribution in [-0.4, -0.2) is 23.2 Å². The van der Waals surface area contributed by atoms with Crippen LogP contribution in [0.2, 0.25) is 0 Å². The molecule has 4 heteroatoms. The van der Waals surface area contributed by atoms with Crippen LogP contribution < -0.4 is 10.1 Å². The molecular formula is C14H19N3O. The van der Waals surface area contributed by atoms with E-state index in [0.29, 0.717) is 0 Å². The minimum Gasteiger partial charge on any atom is -0.497 e. The number of benzene rings is 1. The number of methoxy groups -OCH3 is 1. The van der Waals surface area contributed by atoms with E-state index in [0.717, 1.165) is 31.1 Å². The molecule has 1 heterocycles. The van der Waals surface area contributed by atoms with Crippen molar-refractivity contribution in [3.63, 3.8) is 0 Å². The first-order valence-corrected chi connectivity index (χ1v) is 6.16. The van der Waals surface area contributed by atoms with Crippen LogP contribution in [0.15, 0.2) is 36.8 Å². The monoisotopic (exact) mass is 245 g/mol. The lowest BCUT2D eigenvalue weighted by Crippen LogP contribution is -2.11. The normalized spacial score (nSPS) is 10.6. The third-order valence-corrected chi connectivity index (χ3v) is 2.77. The van der Waals surface area contributed by atoms with Gasteiger partial charge < -0.3 is 14.6 Å². The molecule has 0 atom stereocenters. The lowest BCUT2D eigenvalue weighted by Gasteiger charge is -2.04. The topological polar surface area (TPSA) is 39.1 Å². The highest BCUT2D eigenvalue weighted by atomic mass is 16.5. The Morgan fingerprint density at radius 3 is 2.72 bits per heavy atom. The van der Waals surface area contributed by atoms with Crippen molar-refractivity contribution in [1.82, 2.24) is 14.9 Å². The van der Waals surface area contributed by atoms with E-state index in [1.165, 1.54) is 5.56 Å². The first kappa shape index (κ1) is 12.6. The molecule has 18 heavy (non-hydrogen) atoms. The van der Waals surface area contributed by atoms with Crippen molar-refractivity contribution in [2.45, 2.75) is 20.0 Å². The van der Waals surface area contributed by atoms with Crippen molar-refractivity contribution in [3.05, 3.63) is 48.0 Å². The Morgan fingerprint density at radius 1 is 1.28 bits per heavy atom. The molecule has 0 aliphatic carbocycles. The van der Waals surface area contributed by atoms with Gasteiger partial charge >= 0.3 is 0 Å². The zero-order valence-corrected chi connectivity index (χ0v) is 10.9. The summed E-state index contributed by atoms with van der Waals surface area (Å²) < 4.78 is 7.23. The highest BCUT2D eigenvalue weighted by Gasteiger charge is 1.99. The lowest BCUT2D eigenvalue weighted by molar-refractivity contribution is 0.414. The lowest BCUT2D eigenvalue weighted by atomic mass is 10.2. The first-order valence-electron chi connectivity index (χ1n) is 6.16. The minimum absolute atomic E-state index is 0.826. The number of hydrogen-bond acceptors (Lipinski definition) is 3. The highest BCUT2D eigenvalue weighted by Crippen LogP contribution is 2.12. The van der Waals surface area contributed by atoms with Crippen molar-refractivity contribution in [1.29, 1.82) is 0 Å². The summed E-state index contributed by atoms with van der Waals surface area (Å²) in [7, 11) is 1.68. The van der Waals surface area contributed by atoms with Crippen LogP contribution in [0.4, 0.5) is 0 Å². The van der Waals surface area contributed by atoms with Gasteiger partial charge in [0.2, 0.25) is 0 Å². The molecule has 2 aromatic rings. The second-order valence-electron chi connectivity index (χ2n) is 4.17. The van der Waals surface area contributed by atoms with Gasteiger partial charge in [0.05, 0.1) is 19.1 Å². The average molecular weight is 245 g/mol. The molecule has 4 nitrogen and oxygen atoms in total. The number of ether oxygens (including phenoxy) is 1. The average Bonchev–Trinajstić information content (AvgIpc) is 2.85. The Balaban J connectivity index is 1.97. The number of nitrogens with one attached hydrogen (secondary N) is 1. The first-order chi connectivity index (χ1) is 8.81. The summed E-state index contributed by atoms with van der Waals surface area (Å²) in [6.45, 7) is 4.72. The van der Waals surface area contributed by atoms with E-state index in [2.05, 4.69) is 40.1 Å². The number of nitrogens with zero attached hydrogens (tertiary/aromatic N) is 2. The van der Waals surface area contributed by atoms with E-state index in [-0.39, 0.29) is 0 Å². The zero-order valence-electron chi connectivity index (χ0n) is 10.9. The van der Waals surface area contributed by atoms with Crippen molar-refractivity contribution >= 4 is 0 Å². The van der Waals surface area contributed by atoms with Gasteiger partial charge in [-0.05, 0) is 24.2 Å².